The summed E-state index contributed by atoms with van der Waals surface area (Å²) in [5.41, 5.74) is 0.506. The van der Waals surface area contributed by atoms with E-state index >= 15 is 0 Å². The lowest BCUT2D eigenvalue weighted by molar-refractivity contribution is -0.153. The number of nitrogens with one attached hydrogen (secondary N) is 2. The lowest BCUT2D eigenvalue weighted by Crippen LogP contribution is -2.34. The summed E-state index contributed by atoms with van der Waals surface area (Å²) in [5.74, 6) is -0.273. The normalized spacial score (nSPS) is 12.2. The van der Waals surface area contributed by atoms with E-state index in [1.165, 1.54) is 6.07 Å². The Morgan fingerprint density at radius 2 is 1.95 bits per heavy atom. The van der Waals surface area contributed by atoms with Crippen molar-refractivity contribution in [2.45, 2.75) is 19.6 Å². The number of benzene rings is 1. The molecule has 0 spiro atoms. The minimum Gasteiger partial charge on any atom is -0.484 e. The van der Waals surface area contributed by atoms with Crippen LogP contribution in [-0.2, 0) is 11.3 Å². The predicted octanol–water partition coefficient (Wildman–Crippen LogP) is 2.52. The number of ether oxygens (including phenoxy) is 1. The molecule has 8 heteroatoms. The summed E-state index contributed by atoms with van der Waals surface area (Å²) < 4.78 is 41.3. The van der Waals surface area contributed by atoms with Gasteiger partial charge in [0.2, 0.25) is 5.91 Å². The van der Waals surface area contributed by atoms with Crippen LogP contribution in [0.1, 0.15) is 12.5 Å². The second-order valence-electron chi connectivity index (χ2n) is 4.69. The average Bonchev–Trinajstić information content (AvgIpc) is 2.42. The second kappa shape index (κ2) is 9.53. The maximum Gasteiger partial charge on any atom is 0.422 e. The highest BCUT2D eigenvalue weighted by Gasteiger charge is 2.28. The van der Waals surface area contributed by atoms with E-state index in [-0.39, 0.29) is 36.5 Å². The van der Waals surface area contributed by atoms with Crippen molar-refractivity contribution in [2.75, 3.05) is 20.2 Å². The van der Waals surface area contributed by atoms with Crippen LogP contribution >= 0.6 is 12.4 Å². The molecule has 0 saturated carbocycles. The van der Waals surface area contributed by atoms with Gasteiger partial charge < -0.3 is 15.4 Å². The molecule has 1 amide bonds. The van der Waals surface area contributed by atoms with E-state index in [0.717, 1.165) is 0 Å². The largest absolute Gasteiger partial charge is 0.484 e. The summed E-state index contributed by atoms with van der Waals surface area (Å²) in [6.07, 6.45) is -4.39. The number of hydrogen-bond donors (Lipinski definition) is 2. The third-order valence-electron chi connectivity index (χ3n) is 2.77. The molecule has 0 radical (unpaired) electrons. The van der Waals surface area contributed by atoms with Gasteiger partial charge in [-0.1, -0.05) is 25.1 Å². The number of carbonyl (C=O) groups excluding carboxylic acids is 1. The van der Waals surface area contributed by atoms with Crippen LogP contribution in [0, 0.1) is 5.92 Å². The molecule has 0 aliphatic rings. The van der Waals surface area contributed by atoms with Crippen molar-refractivity contribution in [2.24, 2.45) is 5.92 Å². The minimum absolute atomic E-state index is 0. The van der Waals surface area contributed by atoms with Crippen molar-refractivity contribution < 1.29 is 22.7 Å². The van der Waals surface area contributed by atoms with Crippen LogP contribution in [-0.4, -0.2) is 32.3 Å². The van der Waals surface area contributed by atoms with Crippen molar-refractivity contribution in [3.63, 3.8) is 0 Å². The molecule has 2 N–H and O–H groups in total. The first-order valence-electron chi connectivity index (χ1n) is 6.53. The number of para-hydroxylation sites is 1. The maximum atomic E-state index is 12.2. The molecule has 0 saturated heterocycles. The van der Waals surface area contributed by atoms with Crippen molar-refractivity contribution in [1.29, 1.82) is 0 Å². The molecule has 1 atom stereocenters. The molecule has 22 heavy (non-hydrogen) atoms. The number of carbonyl (C=O) groups is 1. The van der Waals surface area contributed by atoms with Crippen LogP contribution in [0.3, 0.4) is 0 Å². The first-order valence-corrected chi connectivity index (χ1v) is 6.53. The van der Waals surface area contributed by atoms with Crippen LogP contribution in [0.5, 0.6) is 5.75 Å². The fourth-order valence-electron chi connectivity index (χ4n) is 1.71. The van der Waals surface area contributed by atoms with Gasteiger partial charge in [-0.3, -0.25) is 4.79 Å². The predicted molar refractivity (Wildman–Crippen MR) is 80.2 cm³/mol. The zero-order chi connectivity index (χ0) is 15.9. The van der Waals surface area contributed by atoms with E-state index in [2.05, 4.69) is 10.6 Å². The van der Waals surface area contributed by atoms with E-state index in [0.29, 0.717) is 12.1 Å². The molecule has 1 rings (SSSR count). The van der Waals surface area contributed by atoms with Gasteiger partial charge in [-0.15, -0.1) is 12.4 Å². The van der Waals surface area contributed by atoms with E-state index in [1.54, 1.807) is 32.2 Å². The third kappa shape index (κ3) is 7.51. The van der Waals surface area contributed by atoms with Crippen molar-refractivity contribution >= 4 is 18.3 Å². The Balaban J connectivity index is 0.00000441. The highest BCUT2D eigenvalue weighted by molar-refractivity contribution is 5.85. The Labute approximate surface area is 133 Å². The van der Waals surface area contributed by atoms with E-state index in [9.17, 15) is 18.0 Å². The SMILES string of the molecule is CNCC(C)C(=O)NCc1ccccc1OCC(F)(F)F.Cl. The van der Waals surface area contributed by atoms with Gasteiger partial charge >= 0.3 is 6.18 Å². The zero-order valence-corrected chi connectivity index (χ0v) is 13.2. The zero-order valence-electron chi connectivity index (χ0n) is 12.4. The molecule has 0 heterocycles. The molecular weight excluding hydrogens is 321 g/mol. The van der Waals surface area contributed by atoms with Crippen LogP contribution in [0.15, 0.2) is 24.3 Å². The molecule has 126 valence electrons. The monoisotopic (exact) mass is 340 g/mol. The van der Waals surface area contributed by atoms with Gasteiger partial charge in [0.05, 0.1) is 0 Å². The van der Waals surface area contributed by atoms with Gasteiger partial charge in [0, 0.05) is 24.6 Å². The number of hydrogen-bond acceptors (Lipinski definition) is 3. The lowest BCUT2D eigenvalue weighted by atomic mass is 10.1. The summed E-state index contributed by atoms with van der Waals surface area (Å²) in [6.45, 7) is 1.06. The van der Waals surface area contributed by atoms with Gasteiger partial charge in [0.1, 0.15) is 5.75 Å². The van der Waals surface area contributed by atoms with Gasteiger partial charge in [-0.05, 0) is 13.1 Å². The molecule has 4 nitrogen and oxygen atoms in total. The summed E-state index contributed by atoms with van der Waals surface area (Å²) in [6, 6.07) is 6.33. The van der Waals surface area contributed by atoms with Gasteiger partial charge in [0.25, 0.3) is 0 Å². The van der Waals surface area contributed by atoms with Crippen molar-refractivity contribution in [3.05, 3.63) is 29.8 Å². The Bertz CT molecular complexity index is 470. The van der Waals surface area contributed by atoms with E-state index in [1.807, 2.05) is 0 Å². The molecule has 1 aromatic carbocycles. The third-order valence-corrected chi connectivity index (χ3v) is 2.77. The first-order chi connectivity index (χ1) is 9.83. The minimum atomic E-state index is -4.39. The standard InChI is InChI=1S/C14H19F3N2O2.ClH/c1-10(7-18-2)13(20)19-8-11-5-3-4-6-12(11)21-9-14(15,16)17;/h3-6,10,18H,7-9H2,1-2H3,(H,19,20);1H. The van der Waals surface area contributed by atoms with Crippen LogP contribution < -0.4 is 15.4 Å². The Morgan fingerprint density at radius 3 is 2.55 bits per heavy atom. The smallest absolute Gasteiger partial charge is 0.422 e. The fraction of sp³-hybridized carbons (Fsp3) is 0.500. The Hall–Kier alpha value is -1.47. The molecule has 0 bridgehead atoms. The van der Waals surface area contributed by atoms with Gasteiger partial charge in [0.15, 0.2) is 6.61 Å². The average molecular weight is 341 g/mol. The highest BCUT2D eigenvalue weighted by Crippen LogP contribution is 2.22. The molecule has 0 aliphatic carbocycles. The molecular formula is C14H20ClF3N2O2. The van der Waals surface area contributed by atoms with Gasteiger partial charge in [-0.25, -0.2) is 0 Å². The molecule has 1 unspecified atom stereocenters. The van der Waals surface area contributed by atoms with E-state index in [4.69, 9.17) is 4.74 Å². The number of rotatable bonds is 7. The number of halogens is 4. The highest BCUT2D eigenvalue weighted by atomic mass is 35.5. The molecule has 1 aromatic rings. The Morgan fingerprint density at radius 1 is 1.32 bits per heavy atom. The summed E-state index contributed by atoms with van der Waals surface area (Å²) in [7, 11) is 1.74. The molecule has 0 fully saturated rings. The number of amides is 1. The first kappa shape index (κ1) is 20.5. The lowest BCUT2D eigenvalue weighted by Gasteiger charge is -2.15. The summed E-state index contributed by atoms with van der Waals surface area (Å²) >= 11 is 0. The maximum absolute atomic E-state index is 12.2. The quantitative estimate of drug-likeness (QED) is 0.802. The van der Waals surface area contributed by atoms with Crippen LogP contribution in [0.25, 0.3) is 0 Å². The molecule has 0 aromatic heterocycles. The molecule has 0 aliphatic heterocycles. The van der Waals surface area contributed by atoms with Crippen LogP contribution in [0.4, 0.5) is 13.2 Å². The van der Waals surface area contributed by atoms with Crippen molar-refractivity contribution in [3.8, 4) is 5.75 Å². The van der Waals surface area contributed by atoms with Gasteiger partial charge in [-0.2, -0.15) is 13.2 Å². The topological polar surface area (TPSA) is 50.4 Å². The fourth-order valence-corrected chi connectivity index (χ4v) is 1.71. The van der Waals surface area contributed by atoms with E-state index < -0.39 is 12.8 Å². The number of alkyl halides is 3. The van der Waals surface area contributed by atoms with Crippen LogP contribution in [0.2, 0.25) is 0 Å². The Kier molecular flexibility index (Phi) is 8.89. The van der Waals surface area contributed by atoms with Crippen molar-refractivity contribution in [1.82, 2.24) is 10.6 Å². The summed E-state index contributed by atoms with van der Waals surface area (Å²) in [5, 5.41) is 5.57. The second-order valence-corrected chi connectivity index (χ2v) is 4.69. The summed E-state index contributed by atoms with van der Waals surface area (Å²) in [4.78, 5) is 11.8.